The van der Waals surface area contributed by atoms with Gasteiger partial charge in [-0.15, -0.1) is 5.10 Å². The van der Waals surface area contributed by atoms with Crippen LogP contribution in [0.1, 0.15) is 18.5 Å². The van der Waals surface area contributed by atoms with Crippen LogP contribution < -0.4 is 0 Å². The van der Waals surface area contributed by atoms with Gasteiger partial charge in [0.2, 0.25) is 0 Å². The monoisotopic (exact) mass is 211 g/mol. The van der Waals surface area contributed by atoms with Gasteiger partial charge in [0.05, 0.1) is 5.69 Å². The number of rotatable bonds is 5. The third-order valence-corrected chi connectivity index (χ3v) is 2.42. The van der Waals surface area contributed by atoms with Crippen LogP contribution in [0, 0.1) is 5.92 Å². The third-order valence-electron chi connectivity index (χ3n) is 2.42. The Balaban J connectivity index is 1.90. The maximum absolute atomic E-state index is 10.4. The fourth-order valence-corrected chi connectivity index (χ4v) is 1.37. The first kappa shape index (κ1) is 10.1. The zero-order valence-corrected chi connectivity index (χ0v) is 8.20. The highest BCUT2D eigenvalue weighted by Crippen LogP contribution is 2.30. The van der Waals surface area contributed by atoms with Crippen LogP contribution in [0.25, 0.3) is 0 Å². The minimum absolute atomic E-state index is 0.0139. The molecule has 1 aliphatic rings. The van der Waals surface area contributed by atoms with Gasteiger partial charge in [-0.05, 0) is 18.8 Å². The summed E-state index contributed by atoms with van der Waals surface area (Å²) < 4.78 is 1.71. The van der Waals surface area contributed by atoms with Crippen LogP contribution in [0.4, 0.5) is 0 Å². The standard InChI is InChI=1S/C9H13N3O3/c13-8(9(14)15)3-7-5-12(11-10-7)4-6-1-2-6/h5-6,8,13H,1-4H2,(H,14,15). The fraction of sp³-hybridized carbons (Fsp3) is 0.667. The lowest BCUT2D eigenvalue weighted by Gasteiger charge is -2.00. The van der Waals surface area contributed by atoms with Crippen molar-refractivity contribution in [2.24, 2.45) is 5.92 Å². The van der Waals surface area contributed by atoms with Crippen LogP contribution >= 0.6 is 0 Å². The zero-order valence-electron chi connectivity index (χ0n) is 8.20. The molecule has 1 heterocycles. The minimum atomic E-state index is -1.39. The highest BCUT2D eigenvalue weighted by atomic mass is 16.4. The molecule has 0 spiro atoms. The summed E-state index contributed by atoms with van der Waals surface area (Å²) in [7, 11) is 0. The molecule has 0 aliphatic heterocycles. The first-order valence-corrected chi connectivity index (χ1v) is 4.95. The van der Waals surface area contributed by atoms with Crippen molar-refractivity contribution >= 4 is 5.97 Å². The number of carbonyl (C=O) groups is 1. The molecule has 1 unspecified atom stereocenters. The van der Waals surface area contributed by atoms with Crippen molar-refractivity contribution in [3.8, 4) is 0 Å². The Morgan fingerprint density at radius 3 is 3.00 bits per heavy atom. The Morgan fingerprint density at radius 2 is 2.40 bits per heavy atom. The normalized spacial score (nSPS) is 17.7. The van der Waals surface area contributed by atoms with E-state index in [2.05, 4.69) is 10.3 Å². The van der Waals surface area contributed by atoms with Crippen LogP contribution in [0.5, 0.6) is 0 Å². The maximum atomic E-state index is 10.4. The van der Waals surface area contributed by atoms with E-state index in [1.165, 1.54) is 12.8 Å². The molecule has 1 aromatic heterocycles. The third kappa shape index (κ3) is 2.76. The quantitative estimate of drug-likeness (QED) is 0.696. The molecule has 15 heavy (non-hydrogen) atoms. The molecule has 0 saturated heterocycles. The second-order valence-corrected chi connectivity index (χ2v) is 3.93. The van der Waals surface area contributed by atoms with E-state index in [0.29, 0.717) is 11.6 Å². The molecule has 82 valence electrons. The predicted molar refractivity (Wildman–Crippen MR) is 50.1 cm³/mol. The summed E-state index contributed by atoms with van der Waals surface area (Å²) >= 11 is 0. The van der Waals surface area contributed by atoms with E-state index in [1.54, 1.807) is 10.9 Å². The number of carboxylic acids is 1. The molecular formula is C9H13N3O3. The molecule has 1 saturated carbocycles. The first-order valence-electron chi connectivity index (χ1n) is 4.95. The summed E-state index contributed by atoms with van der Waals surface area (Å²) in [4.78, 5) is 10.4. The number of aliphatic hydroxyl groups excluding tert-OH is 1. The van der Waals surface area contributed by atoms with Gasteiger partial charge in [0.1, 0.15) is 0 Å². The number of hydrogen-bond acceptors (Lipinski definition) is 4. The molecule has 2 N–H and O–H groups in total. The zero-order chi connectivity index (χ0) is 10.8. The van der Waals surface area contributed by atoms with E-state index in [9.17, 15) is 4.79 Å². The molecule has 1 fully saturated rings. The molecule has 0 radical (unpaired) electrons. The minimum Gasteiger partial charge on any atom is -0.479 e. The van der Waals surface area contributed by atoms with Gasteiger partial charge in [-0.25, -0.2) is 4.79 Å². The molecule has 0 aromatic carbocycles. The van der Waals surface area contributed by atoms with Gasteiger partial charge in [0, 0.05) is 19.2 Å². The van der Waals surface area contributed by atoms with Gasteiger partial charge in [-0.1, -0.05) is 5.21 Å². The SMILES string of the molecule is O=C(O)C(O)Cc1cn(CC2CC2)nn1. The highest BCUT2D eigenvalue weighted by molar-refractivity contribution is 5.72. The van der Waals surface area contributed by atoms with Gasteiger partial charge in [0.15, 0.2) is 6.10 Å². The lowest BCUT2D eigenvalue weighted by atomic mass is 10.2. The van der Waals surface area contributed by atoms with Crippen molar-refractivity contribution < 1.29 is 15.0 Å². The predicted octanol–water partition coefficient (Wildman–Crippen LogP) is -0.324. The van der Waals surface area contributed by atoms with Gasteiger partial charge < -0.3 is 10.2 Å². The molecule has 0 amide bonds. The van der Waals surface area contributed by atoms with Crippen molar-refractivity contribution in [1.29, 1.82) is 0 Å². The number of hydrogen-bond donors (Lipinski definition) is 2. The van der Waals surface area contributed by atoms with Crippen LogP contribution in [0.2, 0.25) is 0 Å². The molecule has 0 bridgehead atoms. The summed E-state index contributed by atoms with van der Waals surface area (Å²) in [5, 5.41) is 25.3. The maximum Gasteiger partial charge on any atom is 0.332 e. The van der Waals surface area contributed by atoms with Crippen LogP contribution in [-0.2, 0) is 17.8 Å². The van der Waals surface area contributed by atoms with E-state index in [1.807, 2.05) is 0 Å². The molecule has 1 atom stereocenters. The lowest BCUT2D eigenvalue weighted by Crippen LogP contribution is -2.22. The van der Waals surface area contributed by atoms with Gasteiger partial charge in [-0.3, -0.25) is 4.68 Å². The molecule has 6 heteroatoms. The number of aromatic nitrogens is 3. The second kappa shape index (κ2) is 3.98. The second-order valence-electron chi connectivity index (χ2n) is 3.93. The van der Waals surface area contributed by atoms with Gasteiger partial charge in [-0.2, -0.15) is 0 Å². The Labute approximate surface area is 86.5 Å². The molecule has 6 nitrogen and oxygen atoms in total. The molecule has 1 aliphatic carbocycles. The fourth-order valence-electron chi connectivity index (χ4n) is 1.37. The van der Waals surface area contributed by atoms with Crippen molar-refractivity contribution in [3.63, 3.8) is 0 Å². The average molecular weight is 211 g/mol. The highest BCUT2D eigenvalue weighted by Gasteiger charge is 2.22. The Kier molecular flexibility index (Phi) is 2.68. The summed E-state index contributed by atoms with van der Waals surface area (Å²) in [5.41, 5.74) is 0.519. The van der Waals surface area contributed by atoms with Crippen molar-refractivity contribution in [3.05, 3.63) is 11.9 Å². The molecule has 1 aromatic rings. The van der Waals surface area contributed by atoms with Crippen molar-refractivity contribution in [2.45, 2.75) is 31.9 Å². The van der Waals surface area contributed by atoms with E-state index in [4.69, 9.17) is 10.2 Å². The first-order chi connectivity index (χ1) is 7.15. The van der Waals surface area contributed by atoms with Crippen molar-refractivity contribution in [2.75, 3.05) is 0 Å². The number of aliphatic hydroxyl groups is 1. The topological polar surface area (TPSA) is 88.2 Å². The Morgan fingerprint density at radius 1 is 1.67 bits per heavy atom. The van der Waals surface area contributed by atoms with E-state index in [0.717, 1.165) is 6.54 Å². The van der Waals surface area contributed by atoms with E-state index >= 15 is 0 Å². The number of carboxylic acid groups (broad SMARTS) is 1. The van der Waals surface area contributed by atoms with E-state index in [-0.39, 0.29) is 6.42 Å². The Bertz CT molecular complexity index is 359. The van der Waals surface area contributed by atoms with E-state index < -0.39 is 12.1 Å². The number of aliphatic carboxylic acids is 1. The molecular weight excluding hydrogens is 198 g/mol. The summed E-state index contributed by atoms with van der Waals surface area (Å²) in [6.45, 7) is 0.843. The smallest absolute Gasteiger partial charge is 0.332 e. The molecule has 2 rings (SSSR count). The lowest BCUT2D eigenvalue weighted by molar-refractivity contribution is -0.146. The summed E-state index contributed by atoms with van der Waals surface area (Å²) in [6, 6.07) is 0. The average Bonchev–Trinajstić information content (AvgIpc) is 2.87. The number of nitrogens with zero attached hydrogens (tertiary/aromatic N) is 3. The Hall–Kier alpha value is -1.43. The summed E-state index contributed by atoms with van der Waals surface area (Å²) in [6.07, 6.45) is 2.78. The van der Waals surface area contributed by atoms with Crippen molar-refractivity contribution in [1.82, 2.24) is 15.0 Å². The van der Waals surface area contributed by atoms with Crippen LogP contribution in [0.15, 0.2) is 6.20 Å². The van der Waals surface area contributed by atoms with Crippen LogP contribution in [0.3, 0.4) is 0 Å². The van der Waals surface area contributed by atoms with Gasteiger partial charge in [0.25, 0.3) is 0 Å². The van der Waals surface area contributed by atoms with Crippen LogP contribution in [-0.4, -0.2) is 37.3 Å². The summed E-state index contributed by atoms with van der Waals surface area (Å²) in [5.74, 6) is -0.532. The largest absolute Gasteiger partial charge is 0.479 e. The van der Waals surface area contributed by atoms with Gasteiger partial charge >= 0.3 is 5.97 Å².